The summed E-state index contributed by atoms with van der Waals surface area (Å²) in [6, 6.07) is 11.0. The molecule has 1 atom stereocenters. The zero-order valence-electron chi connectivity index (χ0n) is 12.8. The maximum absolute atomic E-state index is 4.51. The number of aromatic nitrogens is 3. The Morgan fingerprint density at radius 1 is 1.26 bits per heavy atom. The van der Waals surface area contributed by atoms with Gasteiger partial charge in [-0.1, -0.05) is 30.0 Å². The maximum atomic E-state index is 4.51. The van der Waals surface area contributed by atoms with Gasteiger partial charge >= 0.3 is 0 Å². The fourth-order valence-electron chi connectivity index (χ4n) is 2.87. The highest BCUT2D eigenvalue weighted by molar-refractivity contribution is 8.00. The lowest BCUT2D eigenvalue weighted by atomic mass is 10.2. The van der Waals surface area contributed by atoms with Crippen LogP contribution in [0.4, 0.5) is 11.5 Å². The molecule has 23 heavy (non-hydrogen) atoms. The predicted octanol–water partition coefficient (Wildman–Crippen LogP) is 3.50. The first-order valence-electron chi connectivity index (χ1n) is 7.55. The molecule has 1 N–H and O–H groups in total. The van der Waals surface area contributed by atoms with E-state index in [0.29, 0.717) is 6.04 Å². The molecule has 7 heteroatoms. The van der Waals surface area contributed by atoms with Gasteiger partial charge in [-0.05, 0) is 24.8 Å². The van der Waals surface area contributed by atoms with Gasteiger partial charge in [0.25, 0.3) is 0 Å². The van der Waals surface area contributed by atoms with Crippen LogP contribution in [-0.4, -0.2) is 40.3 Å². The van der Waals surface area contributed by atoms with Gasteiger partial charge in [-0.2, -0.15) is 0 Å². The average molecular weight is 343 g/mol. The summed E-state index contributed by atoms with van der Waals surface area (Å²) in [5, 5.41) is 3.59. The van der Waals surface area contributed by atoms with Gasteiger partial charge < -0.3 is 10.2 Å². The lowest BCUT2D eigenvalue weighted by molar-refractivity contribution is 0.802. The Morgan fingerprint density at radius 2 is 2.13 bits per heavy atom. The van der Waals surface area contributed by atoms with Gasteiger partial charge in [-0.25, -0.2) is 15.0 Å². The number of thioether (sulfide) groups is 1. The van der Waals surface area contributed by atoms with Crippen LogP contribution in [0, 0.1) is 0 Å². The van der Waals surface area contributed by atoms with E-state index in [1.807, 2.05) is 6.26 Å². The first kappa shape index (κ1) is 14.7. The normalized spacial score (nSPS) is 17.8. The Labute approximate surface area is 143 Å². The molecule has 3 heterocycles. The zero-order chi connectivity index (χ0) is 15.6. The Bertz CT molecular complexity index is 805. The van der Waals surface area contributed by atoms with Crippen molar-refractivity contribution in [3.63, 3.8) is 0 Å². The summed E-state index contributed by atoms with van der Waals surface area (Å²) < 4.78 is 2.08. The quantitative estimate of drug-likeness (QED) is 0.732. The third-order valence-corrected chi connectivity index (χ3v) is 6.03. The van der Waals surface area contributed by atoms with Crippen molar-refractivity contribution in [3.8, 4) is 0 Å². The maximum Gasteiger partial charge on any atom is 0.176 e. The van der Waals surface area contributed by atoms with E-state index in [1.54, 1.807) is 29.4 Å². The minimum Gasteiger partial charge on any atom is -0.369 e. The number of hydrogen-bond donors (Lipinski definition) is 1. The molecular formula is C16H17N5S2. The fourth-order valence-corrected chi connectivity index (χ4v) is 4.34. The first-order valence-corrected chi connectivity index (χ1v) is 9.59. The molecule has 0 bridgehead atoms. The summed E-state index contributed by atoms with van der Waals surface area (Å²) in [4.78, 5) is 15.6. The average Bonchev–Trinajstić information content (AvgIpc) is 3.22. The number of benzene rings is 1. The molecule has 1 aliphatic heterocycles. The second-order valence-electron chi connectivity index (χ2n) is 5.47. The highest BCUT2D eigenvalue weighted by Crippen LogP contribution is 2.32. The summed E-state index contributed by atoms with van der Waals surface area (Å²) in [5.41, 5.74) is 2.07. The van der Waals surface area contributed by atoms with Crippen LogP contribution >= 0.6 is 23.1 Å². The van der Waals surface area contributed by atoms with Crippen LogP contribution < -0.4 is 10.2 Å². The van der Waals surface area contributed by atoms with Crippen LogP contribution in [0.25, 0.3) is 10.3 Å². The van der Waals surface area contributed by atoms with E-state index in [1.165, 1.54) is 5.69 Å². The molecule has 1 aliphatic rings. The molecule has 1 fully saturated rings. The summed E-state index contributed by atoms with van der Waals surface area (Å²) in [6.07, 6.45) is 4.74. The highest BCUT2D eigenvalue weighted by atomic mass is 32.2. The molecular weight excluding hydrogens is 326 g/mol. The SMILES string of the molecule is CSc1nc2ncnc(NC3CCN(c4ccccc4)C3)c2s1. The lowest BCUT2D eigenvalue weighted by Gasteiger charge is -2.19. The number of fused-ring (bicyclic) bond motifs is 1. The molecule has 0 radical (unpaired) electrons. The first-order chi connectivity index (χ1) is 11.3. The topological polar surface area (TPSA) is 53.9 Å². The van der Waals surface area contributed by atoms with Crippen molar-refractivity contribution in [2.75, 3.05) is 29.6 Å². The Balaban J connectivity index is 1.52. The number of nitrogens with zero attached hydrogens (tertiary/aromatic N) is 4. The van der Waals surface area contributed by atoms with E-state index in [-0.39, 0.29) is 0 Å². The van der Waals surface area contributed by atoms with Gasteiger partial charge in [0.1, 0.15) is 16.8 Å². The Hall–Kier alpha value is -1.86. The highest BCUT2D eigenvalue weighted by Gasteiger charge is 2.24. The van der Waals surface area contributed by atoms with Crippen molar-refractivity contribution in [3.05, 3.63) is 36.7 Å². The number of thiazole rings is 1. The van der Waals surface area contributed by atoms with Gasteiger partial charge in [0.15, 0.2) is 9.99 Å². The number of para-hydroxylation sites is 1. The van der Waals surface area contributed by atoms with Gasteiger partial charge in [-0.15, -0.1) is 11.3 Å². The summed E-state index contributed by atoms with van der Waals surface area (Å²) in [5.74, 6) is 0.910. The number of hydrogen-bond acceptors (Lipinski definition) is 7. The summed E-state index contributed by atoms with van der Waals surface area (Å²) in [7, 11) is 0. The monoisotopic (exact) mass is 343 g/mol. The molecule has 5 nitrogen and oxygen atoms in total. The third-order valence-electron chi connectivity index (χ3n) is 4.00. The van der Waals surface area contributed by atoms with E-state index in [9.17, 15) is 0 Å². The molecule has 118 valence electrons. The van der Waals surface area contributed by atoms with Crippen LogP contribution in [0.3, 0.4) is 0 Å². The lowest BCUT2D eigenvalue weighted by Crippen LogP contribution is -2.26. The molecule has 1 saturated heterocycles. The van der Waals surface area contributed by atoms with Gasteiger partial charge in [-0.3, -0.25) is 0 Å². The van der Waals surface area contributed by atoms with E-state index in [2.05, 4.69) is 55.5 Å². The third kappa shape index (κ3) is 2.98. The minimum atomic E-state index is 0.396. The van der Waals surface area contributed by atoms with Crippen molar-refractivity contribution in [2.24, 2.45) is 0 Å². The van der Waals surface area contributed by atoms with E-state index in [4.69, 9.17) is 0 Å². The molecule has 0 amide bonds. The molecule has 0 aliphatic carbocycles. The zero-order valence-corrected chi connectivity index (χ0v) is 14.4. The van der Waals surface area contributed by atoms with Crippen molar-refractivity contribution in [2.45, 2.75) is 16.8 Å². The second-order valence-corrected chi connectivity index (χ2v) is 7.52. The molecule has 0 saturated carbocycles. The number of rotatable bonds is 4. The molecule has 1 aromatic carbocycles. The van der Waals surface area contributed by atoms with Gasteiger partial charge in [0, 0.05) is 24.8 Å². The van der Waals surface area contributed by atoms with Crippen LogP contribution in [0.5, 0.6) is 0 Å². The number of nitrogens with one attached hydrogen (secondary N) is 1. The molecule has 4 rings (SSSR count). The second kappa shape index (κ2) is 6.33. The molecule has 3 aromatic rings. The van der Waals surface area contributed by atoms with Crippen molar-refractivity contribution < 1.29 is 0 Å². The van der Waals surface area contributed by atoms with Gasteiger partial charge in [0.2, 0.25) is 0 Å². The molecule has 1 unspecified atom stereocenters. The standard InChI is InChI=1S/C16H17N5S2/c1-22-16-20-15-13(23-16)14(17-10-18-15)19-11-7-8-21(9-11)12-5-3-2-4-6-12/h2-6,10-11H,7-9H2,1H3,(H,17,18,19). The predicted molar refractivity (Wildman–Crippen MR) is 97.7 cm³/mol. The minimum absolute atomic E-state index is 0.396. The Morgan fingerprint density at radius 3 is 2.96 bits per heavy atom. The summed E-state index contributed by atoms with van der Waals surface area (Å²) in [6.45, 7) is 2.05. The molecule has 0 spiro atoms. The van der Waals surface area contributed by atoms with Crippen LogP contribution in [0.1, 0.15) is 6.42 Å². The van der Waals surface area contributed by atoms with Crippen LogP contribution in [-0.2, 0) is 0 Å². The van der Waals surface area contributed by atoms with E-state index < -0.39 is 0 Å². The summed E-state index contributed by atoms with van der Waals surface area (Å²) >= 11 is 3.30. The van der Waals surface area contributed by atoms with E-state index >= 15 is 0 Å². The van der Waals surface area contributed by atoms with Crippen molar-refractivity contribution in [1.29, 1.82) is 0 Å². The fraction of sp³-hybridized carbons (Fsp3) is 0.312. The van der Waals surface area contributed by atoms with Crippen LogP contribution in [0.15, 0.2) is 41.0 Å². The van der Waals surface area contributed by atoms with E-state index in [0.717, 1.165) is 40.0 Å². The molecule has 2 aromatic heterocycles. The number of anilines is 2. The Kier molecular flexibility index (Phi) is 4.05. The van der Waals surface area contributed by atoms with Crippen LogP contribution in [0.2, 0.25) is 0 Å². The largest absolute Gasteiger partial charge is 0.369 e. The van der Waals surface area contributed by atoms with Gasteiger partial charge in [0.05, 0.1) is 0 Å². The smallest absolute Gasteiger partial charge is 0.176 e. The van der Waals surface area contributed by atoms with Crippen molar-refractivity contribution in [1.82, 2.24) is 15.0 Å². The van der Waals surface area contributed by atoms with Crippen molar-refractivity contribution >= 4 is 45.0 Å².